The second kappa shape index (κ2) is 6.97. The van der Waals surface area contributed by atoms with E-state index in [-0.39, 0.29) is 5.60 Å². The minimum absolute atomic E-state index is 0.277. The molecule has 5 fully saturated rings. The molecular formula is C22H32N4O3. The van der Waals surface area contributed by atoms with Crippen LogP contribution in [0.1, 0.15) is 32.1 Å². The van der Waals surface area contributed by atoms with E-state index in [1.54, 1.807) is 7.11 Å². The first-order valence-electron chi connectivity index (χ1n) is 10.9. The zero-order chi connectivity index (χ0) is 20.2. The zero-order valence-corrected chi connectivity index (χ0v) is 17.2. The Kier molecular flexibility index (Phi) is 4.53. The Morgan fingerprint density at radius 1 is 1.10 bits per heavy atom. The van der Waals surface area contributed by atoms with Crippen molar-refractivity contribution >= 4 is 17.5 Å². The van der Waals surface area contributed by atoms with Crippen molar-refractivity contribution in [3.63, 3.8) is 0 Å². The summed E-state index contributed by atoms with van der Waals surface area (Å²) in [7, 11) is 1.66. The molecule has 4 saturated carbocycles. The van der Waals surface area contributed by atoms with E-state index in [1.807, 2.05) is 12.1 Å². The van der Waals surface area contributed by atoms with Crippen molar-refractivity contribution in [3.05, 3.63) is 18.2 Å². The first-order chi connectivity index (χ1) is 14.0. The molecule has 7 heteroatoms. The lowest BCUT2D eigenvalue weighted by Crippen LogP contribution is -2.65. The van der Waals surface area contributed by atoms with Crippen LogP contribution in [0.15, 0.2) is 18.2 Å². The zero-order valence-electron chi connectivity index (χ0n) is 17.2. The molecule has 4 bridgehead atoms. The molecule has 1 saturated heterocycles. The topological polar surface area (TPSA) is 94.0 Å². The Bertz CT molecular complexity index is 776. The van der Waals surface area contributed by atoms with Gasteiger partial charge in [-0.15, -0.1) is 0 Å². The predicted molar refractivity (Wildman–Crippen MR) is 112 cm³/mol. The van der Waals surface area contributed by atoms with Gasteiger partial charge in [0.15, 0.2) is 0 Å². The molecule has 29 heavy (non-hydrogen) atoms. The average molecular weight is 401 g/mol. The standard InChI is InChI=1S/C22H32N4O3/c1-28-19-10-17(2-3-18(19)23)25-4-6-26(7-5-25)20-15-8-14-9-16(20)13-22(11-14,12-15)29-21(24)27/h2-3,10,14-16,20H,4-9,11-13,23H2,1H3,(H2,24,27). The first kappa shape index (κ1) is 18.9. The highest BCUT2D eigenvalue weighted by atomic mass is 16.6. The van der Waals surface area contributed by atoms with Gasteiger partial charge in [0, 0.05) is 44.0 Å². The molecule has 2 atom stereocenters. The normalized spacial score (nSPS) is 36.2. The van der Waals surface area contributed by atoms with Crippen molar-refractivity contribution in [1.82, 2.24) is 4.90 Å². The lowest BCUT2D eigenvalue weighted by Gasteiger charge is -2.61. The Morgan fingerprint density at radius 3 is 2.41 bits per heavy atom. The van der Waals surface area contributed by atoms with E-state index >= 15 is 0 Å². The smallest absolute Gasteiger partial charge is 0.405 e. The van der Waals surface area contributed by atoms with Gasteiger partial charge >= 0.3 is 6.09 Å². The quantitative estimate of drug-likeness (QED) is 0.754. The van der Waals surface area contributed by atoms with Crippen molar-refractivity contribution in [2.45, 2.75) is 43.7 Å². The molecule has 2 unspecified atom stereocenters. The molecule has 5 aliphatic rings. The van der Waals surface area contributed by atoms with Crippen LogP contribution < -0.4 is 21.1 Å². The number of methoxy groups -OCH3 is 1. The molecule has 6 rings (SSSR count). The van der Waals surface area contributed by atoms with Gasteiger partial charge in [-0.2, -0.15) is 0 Å². The Labute approximate surface area is 172 Å². The molecule has 158 valence electrons. The largest absolute Gasteiger partial charge is 0.495 e. The van der Waals surface area contributed by atoms with E-state index in [4.69, 9.17) is 20.9 Å². The monoisotopic (exact) mass is 400 g/mol. The number of carbonyl (C=O) groups is 1. The average Bonchev–Trinajstić information content (AvgIpc) is 2.67. The number of primary amides is 1. The van der Waals surface area contributed by atoms with E-state index in [1.165, 1.54) is 18.5 Å². The number of amides is 1. The van der Waals surface area contributed by atoms with Crippen molar-refractivity contribution in [1.29, 1.82) is 0 Å². The summed E-state index contributed by atoms with van der Waals surface area (Å²) >= 11 is 0. The first-order valence-corrected chi connectivity index (χ1v) is 10.9. The van der Waals surface area contributed by atoms with Gasteiger partial charge in [-0.05, 0) is 62.0 Å². The lowest BCUT2D eigenvalue weighted by atomic mass is 9.51. The van der Waals surface area contributed by atoms with Gasteiger partial charge in [0.25, 0.3) is 0 Å². The van der Waals surface area contributed by atoms with E-state index in [0.29, 0.717) is 29.5 Å². The molecule has 0 spiro atoms. The van der Waals surface area contributed by atoms with Crippen LogP contribution in [0.25, 0.3) is 0 Å². The van der Waals surface area contributed by atoms with E-state index < -0.39 is 6.09 Å². The molecule has 1 aromatic rings. The van der Waals surface area contributed by atoms with Crippen LogP contribution in [-0.2, 0) is 4.74 Å². The maximum atomic E-state index is 11.5. The molecule has 0 radical (unpaired) electrons. The number of nitrogens with zero attached hydrogens (tertiary/aromatic N) is 2. The van der Waals surface area contributed by atoms with E-state index in [0.717, 1.165) is 51.2 Å². The Hall–Kier alpha value is -2.15. The third kappa shape index (κ3) is 3.29. The molecule has 1 aromatic carbocycles. The SMILES string of the molecule is COc1cc(N2CCN(C3C4CC5CC3CC(OC(N)=O)(C5)C4)CC2)ccc1N. The highest BCUT2D eigenvalue weighted by Gasteiger charge is 2.58. The number of anilines is 2. The number of nitrogen functional groups attached to an aromatic ring is 1. The highest BCUT2D eigenvalue weighted by Crippen LogP contribution is 2.58. The Balaban J connectivity index is 1.26. The summed E-state index contributed by atoms with van der Waals surface area (Å²) in [6.07, 6.45) is 4.95. The molecule has 0 aromatic heterocycles. The highest BCUT2D eigenvalue weighted by molar-refractivity contribution is 5.65. The molecule has 1 aliphatic heterocycles. The van der Waals surface area contributed by atoms with E-state index in [9.17, 15) is 4.79 Å². The number of nitrogens with two attached hydrogens (primary N) is 2. The van der Waals surface area contributed by atoms with Crippen LogP contribution in [0, 0.1) is 17.8 Å². The summed E-state index contributed by atoms with van der Waals surface area (Å²) in [6, 6.07) is 6.68. The Morgan fingerprint density at radius 2 is 1.79 bits per heavy atom. The van der Waals surface area contributed by atoms with Gasteiger partial charge < -0.3 is 25.8 Å². The summed E-state index contributed by atoms with van der Waals surface area (Å²) in [5.41, 5.74) is 12.9. The maximum Gasteiger partial charge on any atom is 0.405 e. The van der Waals surface area contributed by atoms with E-state index in [2.05, 4.69) is 15.9 Å². The fourth-order valence-electron chi connectivity index (χ4n) is 7.03. The molecule has 1 heterocycles. The second-order valence-electron chi connectivity index (χ2n) is 9.51. The van der Waals surface area contributed by atoms with Gasteiger partial charge in [-0.3, -0.25) is 4.90 Å². The van der Waals surface area contributed by atoms with Crippen LogP contribution >= 0.6 is 0 Å². The minimum atomic E-state index is -0.601. The van der Waals surface area contributed by atoms with Gasteiger partial charge in [-0.25, -0.2) is 4.79 Å². The maximum absolute atomic E-state index is 11.5. The second-order valence-corrected chi connectivity index (χ2v) is 9.51. The molecule has 1 amide bonds. The predicted octanol–water partition coefficient (Wildman–Crippen LogP) is 2.44. The minimum Gasteiger partial charge on any atom is -0.495 e. The lowest BCUT2D eigenvalue weighted by molar-refractivity contribution is -0.160. The van der Waals surface area contributed by atoms with Crippen molar-refractivity contribution < 1.29 is 14.3 Å². The number of carbonyl (C=O) groups excluding carboxylic acids is 1. The summed E-state index contributed by atoms with van der Waals surface area (Å²) in [6.45, 7) is 4.15. The van der Waals surface area contributed by atoms with Crippen LogP contribution in [0.5, 0.6) is 5.75 Å². The number of rotatable bonds is 4. The molecule has 7 nitrogen and oxygen atoms in total. The van der Waals surface area contributed by atoms with Crippen LogP contribution in [0.2, 0.25) is 0 Å². The fourth-order valence-corrected chi connectivity index (χ4v) is 7.03. The van der Waals surface area contributed by atoms with Crippen LogP contribution in [-0.4, -0.2) is 55.9 Å². The van der Waals surface area contributed by atoms with Gasteiger partial charge in [0.1, 0.15) is 11.4 Å². The van der Waals surface area contributed by atoms with Gasteiger partial charge in [0.05, 0.1) is 12.8 Å². The number of hydrogen-bond donors (Lipinski definition) is 2. The number of benzene rings is 1. The summed E-state index contributed by atoms with van der Waals surface area (Å²) in [5, 5.41) is 0. The van der Waals surface area contributed by atoms with Gasteiger partial charge in [-0.1, -0.05) is 0 Å². The summed E-state index contributed by atoms with van der Waals surface area (Å²) < 4.78 is 11.1. The number of hydrogen-bond acceptors (Lipinski definition) is 6. The number of ether oxygens (including phenoxy) is 2. The number of piperazine rings is 1. The third-order valence-corrected chi connectivity index (χ3v) is 7.80. The van der Waals surface area contributed by atoms with Crippen molar-refractivity contribution in [2.24, 2.45) is 23.5 Å². The van der Waals surface area contributed by atoms with Crippen LogP contribution in [0.4, 0.5) is 16.2 Å². The molecule has 4 N–H and O–H groups in total. The third-order valence-electron chi connectivity index (χ3n) is 7.80. The summed E-state index contributed by atoms with van der Waals surface area (Å²) in [4.78, 5) is 16.6. The van der Waals surface area contributed by atoms with Crippen molar-refractivity contribution in [2.75, 3.05) is 43.9 Å². The fraction of sp³-hybridized carbons (Fsp3) is 0.682. The molecule has 4 aliphatic carbocycles. The van der Waals surface area contributed by atoms with Crippen LogP contribution in [0.3, 0.4) is 0 Å². The van der Waals surface area contributed by atoms with Gasteiger partial charge in [0.2, 0.25) is 0 Å². The molecular weight excluding hydrogens is 368 g/mol. The summed E-state index contributed by atoms with van der Waals surface area (Å²) in [5.74, 6) is 2.70. The van der Waals surface area contributed by atoms with Crippen molar-refractivity contribution in [3.8, 4) is 5.75 Å².